The van der Waals surface area contributed by atoms with Crippen LogP contribution >= 0.6 is 12.4 Å². The van der Waals surface area contributed by atoms with Crippen LogP contribution in [0.15, 0.2) is 0 Å². The second kappa shape index (κ2) is 10.8. The summed E-state index contributed by atoms with van der Waals surface area (Å²) in [6.07, 6.45) is 4.63. The van der Waals surface area contributed by atoms with Crippen molar-refractivity contribution < 1.29 is 9.59 Å². The van der Waals surface area contributed by atoms with E-state index in [0.717, 1.165) is 65.0 Å². The summed E-state index contributed by atoms with van der Waals surface area (Å²) in [5, 5.41) is 6.26. The summed E-state index contributed by atoms with van der Waals surface area (Å²) in [6.45, 7) is 6.99. The Bertz CT molecular complexity index is 348. The highest BCUT2D eigenvalue weighted by atomic mass is 35.5. The number of likely N-dealkylation sites (tertiary alicyclic amines) is 1. The van der Waals surface area contributed by atoms with Crippen LogP contribution in [0.5, 0.6) is 0 Å². The van der Waals surface area contributed by atoms with E-state index in [1.165, 1.54) is 0 Å². The van der Waals surface area contributed by atoms with Crippen LogP contribution in [0.2, 0.25) is 0 Å². The predicted octanol–water partition coefficient (Wildman–Crippen LogP) is 0.222. The number of hydrogen-bond donors (Lipinski definition) is 2. The first-order chi connectivity index (χ1) is 10.3. The zero-order valence-corrected chi connectivity index (χ0v) is 14.1. The third-order valence-corrected chi connectivity index (χ3v) is 4.19. The van der Waals surface area contributed by atoms with E-state index < -0.39 is 0 Å². The lowest BCUT2D eigenvalue weighted by Gasteiger charge is -2.27. The van der Waals surface area contributed by atoms with Gasteiger partial charge < -0.3 is 20.4 Å². The molecule has 2 fully saturated rings. The fraction of sp³-hybridized carbons (Fsp3) is 0.867. The van der Waals surface area contributed by atoms with Crippen molar-refractivity contribution in [1.82, 2.24) is 20.4 Å². The van der Waals surface area contributed by atoms with Gasteiger partial charge in [0, 0.05) is 45.7 Å². The Labute approximate surface area is 139 Å². The molecule has 0 saturated carbocycles. The SMILES string of the molecule is Cl.O=C(CN1CCCCCC1=O)NCCCN1CCNCC1. The number of hydrogen-bond acceptors (Lipinski definition) is 4. The minimum absolute atomic E-state index is 0. The third kappa shape index (κ3) is 6.94. The zero-order valence-electron chi connectivity index (χ0n) is 13.3. The van der Waals surface area contributed by atoms with Gasteiger partial charge in [0.2, 0.25) is 11.8 Å². The topological polar surface area (TPSA) is 64.7 Å². The smallest absolute Gasteiger partial charge is 0.239 e. The van der Waals surface area contributed by atoms with Gasteiger partial charge >= 0.3 is 0 Å². The first kappa shape index (κ1) is 19.2. The molecule has 0 bridgehead atoms. The largest absolute Gasteiger partial charge is 0.355 e. The van der Waals surface area contributed by atoms with Crippen LogP contribution in [0.25, 0.3) is 0 Å². The number of halogens is 1. The Morgan fingerprint density at radius 3 is 2.68 bits per heavy atom. The molecule has 2 amide bonds. The average molecular weight is 333 g/mol. The summed E-state index contributed by atoms with van der Waals surface area (Å²) in [7, 11) is 0. The maximum atomic E-state index is 11.9. The van der Waals surface area contributed by atoms with Gasteiger partial charge in [0.1, 0.15) is 0 Å². The number of amides is 2. The van der Waals surface area contributed by atoms with Gasteiger partial charge in [0.15, 0.2) is 0 Å². The quantitative estimate of drug-likeness (QED) is 0.683. The minimum Gasteiger partial charge on any atom is -0.355 e. The van der Waals surface area contributed by atoms with Crippen molar-refractivity contribution in [2.45, 2.75) is 32.1 Å². The summed E-state index contributed by atoms with van der Waals surface area (Å²) in [5.74, 6) is 0.106. The second-order valence-corrected chi connectivity index (χ2v) is 5.92. The molecular weight excluding hydrogens is 304 g/mol. The summed E-state index contributed by atoms with van der Waals surface area (Å²) >= 11 is 0. The molecule has 2 heterocycles. The van der Waals surface area contributed by atoms with E-state index in [9.17, 15) is 9.59 Å². The Balaban J connectivity index is 0.00000242. The molecule has 0 atom stereocenters. The first-order valence-corrected chi connectivity index (χ1v) is 8.23. The predicted molar refractivity (Wildman–Crippen MR) is 89.2 cm³/mol. The maximum Gasteiger partial charge on any atom is 0.239 e. The summed E-state index contributed by atoms with van der Waals surface area (Å²) in [5.41, 5.74) is 0. The molecule has 2 aliphatic heterocycles. The van der Waals surface area contributed by atoms with Crippen molar-refractivity contribution in [1.29, 1.82) is 0 Å². The zero-order chi connectivity index (χ0) is 14.9. The van der Waals surface area contributed by atoms with Crippen LogP contribution in [-0.2, 0) is 9.59 Å². The monoisotopic (exact) mass is 332 g/mol. The number of carbonyl (C=O) groups excluding carboxylic acids is 2. The molecule has 0 aromatic carbocycles. The van der Waals surface area contributed by atoms with Crippen molar-refractivity contribution in [2.24, 2.45) is 0 Å². The van der Waals surface area contributed by atoms with Gasteiger partial charge in [-0.15, -0.1) is 12.4 Å². The van der Waals surface area contributed by atoms with Crippen LogP contribution in [-0.4, -0.2) is 74.0 Å². The first-order valence-electron chi connectivity index (χ1n) is 8.23. The van der Waals surface area contributed by atoms with Crippen LogP contribution < -0.4 is 10.6 Å². The molecule has 0 radical (unpaired) electrons. The van der Waals surface area contributed by atoms with E-state index in [-0.39, 0.29) is 30.8 Å². The number of rotatable bonds is 6. The van der Waals surface area contributed by atoms with E-state index in [4.69, 9.17) is 0 Å². The molecule has 22 heavy (non-hydrogen) atoms. The molecule has 0 aromatic heterocycles. The van der Waals surface area contributed by atoms with Gasteiger partial charge in [0.05, 0.1) is 6.54 Å². The second-order valence-electron chi connectivity index (χ2n) is 5.92. The molecule has 0 aromatic rings. The molecular formula is C15H29ClN4O2. The standard InChI is InChI=1S/C15H28N4O2.ClH/c20-14(13-19-10-3-1-2-5-15(19)21)17-6-4-9-18-11-7-16-8-12-18;/h16H,1-13H2,(H,17,20);1H. The van der Waals surface area contributed by atoms with E-state index in [0.29, 0.717) is 13.0 Å². The van der Waals surface area contributed by atoms with E-state index in [2.05, 4.69) is 15.5 Å². The number of carbonyl (C=O) groups is 2. The van der Waals surface area contributed by atoms with Crippen molar-refractivity contribution >= 4 is 24.2 Å². The van der Waals surface area contributed by atoms with Crippen molar-refractivity contribution in [3.8, 4) is 0 Å². The Morgan fingerprint density at radius 1 is 1.14 bits per heavy atom. The van der Waals surface area contributed by atoms with Crippen LogP contribution in [0.4, 0.5) is 0 Å². The molecule has 128 valence electrons. The van der Waals surface area contributed by atoms with E-state index in [1.54, 1.807) is 4.90 Å². The van der Waals surface area contributed by atoms with E-state index >= 15 is 0 Å². The minimum atomic E-state index is -0.0226. The maximum absolute atomic E-state index is 11.9. The lowest BCUT2D eigenvalue weighted by atomic mass is 10.2. The molecule has 2 aliphatic rings. The number of nitrogens with one attached hydrogen (secondary N) is 2. The molecule has 0 spiro atoms. The van der Waals surface area contributed by atoms with Gasteiger partial charge in [-0.25, -0.2) is 0 Å². The summed E-state index contributed by atoms with van der Waals surface area (Å²) in [6, 6.07) is 0. The highest BCUT2D eigenvalue weighted by Gasteiger charge is 2.18. The Morgan fingerprint density at radius 2 is 1.91 bits per heavy atom. The van der Waals surface area contributed by atoms with Crippen LogP contribution in [0, 0.1) is 0 Å². The van der Waals surface area contributed by atoms with Gasteiger partial charge in [-0.05, 0) is 25.8 Å². The van der Waals surface area contributed by atoms with Crippen molar-refractivity contribution in [3.05, 3.63) is 0 Å². The van der Waals surface area contributed by atoms with Crippen LogP contribution in [0.1, 0.15) is 32.1 Å². The molecule has 7 heteroatoms. The van der Waals surface area contributed by atoms with Crippen LogP contribution in [0.3, 0.4) is 0 Å². The average Bonchev–Trinajstić information content (AvgIpc) is 2.70. The molecule has 2 saturated heterocycles. The van der Waals surface area contributed by atoms with Gasteiger partial charge in [-0.2, -0.15) is 0 Å². The molecule has 0 unspecified atom stereocenters. The fourth-order valence-corrected chi connectivity index (χ4v) is 2.90. The lowest BCUT2D eigenvalue weighted by Crippen LogP contribution is -2.44. The number of piperazine rings is 1. The third-order valence-electron chi connectivity index (χ3n) is 4.19. The van der Waals surface area contributed by atoms with Crippen molar-refractivity contribution in [2.75, 3.05) is 52.4 Å². The van der Waals surface area contributed by atoms with Gasteiger partial charge in [-0.3, -0.25) is 9.59 Å². The van der Waals surface area contributed by atoms with Gasteiger partial charge in [-0.1, -0.05) is 6.42 Å². The Hall–Kier alpha value is -0.850. The molecule has 2 rings (SSSR count). The normalized spacial score (nSPS) is 20.2. The molecule has 0 aliphatic carbocycles. The highest BCUT2D eigenvalue weighted by Crippen LogP contribution is 2.10. The number of nitrogens with zero attached hydrogens (tertiary/aromatic N) is 2. The fourth-order valence-electron chi connectivity index (χ4n) is 2.90. The van der Waals surface area contributed by atoms with Gasteiger partial charge in [0.25, 0.3) is 0 Å². The summed E-state index contributed by atoms with van der Waals surface area (Å²) in [4.78, 5) is 27.8. The molecule has 6 nitrogen and oxygen atoms in total. The molecule has 2 N–H and O–H groups in total. The summed E-state index contributed by atoms with van der Waals surface area (Å²) < 4.78 is 0. The Kier molecular flexibility index (Phi) is 9.43. The van der Waals surface area contributed by atoms with E-state index in [1.807, 2.05) is 0 Å². The van der Waals surface area contributed by atoms with Crippen molar-refractivity contribution in [3.63, 3.8) is 0 Å². The highest BCUT2D eigenvalue weighted by molar-refractivity contribution is 5.85. The lowest BCUT2D eigenvalue weighted by molar-refractivity contribution is -0.135.